The van der Waals surface area contributed by atoms with Crippen molar-refractivity contribution in [2.45, 2.75) is 72.3 Å². The van der Waals surface area contributed by atoms with E-state index in [9.17, 15) is 14.4 Å². The zero-order chi connectivity index (χ0) is 18.2. The van der Waals surface area contributed by atoms with Crippen molar-refractivity contribution in [3.8, 4) is 0 Å². The Labute approximate surface area is 141 Å². The molecule has 0 N–H and O–H groups in total. The molecule has 1 aromatic heterocycles. The number of rotatable bonds is 2. The van der Waals surface area contributed by atoms with E-state index in [4.69, 9.17) is 9.47 Å². The van der Waals surface area contributed by atoms with E-state index in [1.165, 1.54) is 10.8 Å². The number of hydrogen-bond acceptors (Lipinski definition) is 5. The summed E-state index contributed by atoms with van der Waals surface area (Å²) in [4.78, 5) is 37.3. The Morgan fingerprint density at radius 3 is 2.50 bits per heavy atom. The summed E-state index contributed by atoms with van der Waals surface area (Å²) in [5.41, 5.74) is -1.91. The summed E-state index contributed by atoms with van der Waals surface area (Å²) in [6.07, 6.45) is 1.57. The van der Waals surface area contributed by atoms with Crippen LogP contribution < -0.4 is 11.2 Å². The lowest BCUT2D eigenvalue weighted by atomic mass is 10.0. The SMILES string of the molecule is CC[C@H]1O[C@@H](n2cc(C)c(=O)n(C(=O)OC(C)(C)C)c2=O)C[C@@H]1C. The van der Waals surface area contributed by atoms with Crippen LogP contribution in [0.3, 0.4) is 0 Å². The maximum absolute atomic E-state index is 12.7. The van der Waals surface area contributed by atoms with Crippen LogP contribution in [0, 0.1) is 12.8 Å². The van der Waals surface area contributed by atoms with Gasteiger partial charge in [-0.2, -0.15) is 4.57 Å². The van der Waals surface area contributed by atoms with E-state index in [2.05, 4.69) is 6.92 Å². The van der Waals surface area contributed by atoms with E-state index in [-0.39, 0.29) is 11.7 Å². The zero-order valence-corrected chi connectivity index (χ0v) is 15.2. The van der Waals surface area contributed by atoms with Crippen LogP contribution in [-0.2, 0) is 9.47 Å². The molecule has 1 aromatic rings. The lowest BCUT2D eigenvalue weighted by molar-refractivity contribution is -0.00873. The van der Waals surface area contributed by atoms with Crippen LogP contribution in [0.15, 0.2) is 15.8 Å². The number of carbonyl (C=O) groups excluding carboxylic acids is 1. The molecule has 1 fully saturated rings. The van der Waals surface area contributed by atoms with Crippen LogP contribution in [0.1, 0.15) is 59.3 Å². The van der Waals surface area contributed by atoms with E-state index in [0.29, 0.717) is 16.9 Å². The van der Waals surface area contributed by atoms with Gasteiger partial charge in [-0.05, 0) is 46.5 Å². The van der Waals surface area contributed by atoms with Gasteiger partial charge in [0.25, 0.3) is 5.56 Å². The van der Waals surface area contributed by atoms with Crippen LogP contribution in [0.5, 0.6) is 0 Å². The van der Waals surface area contributed by atoms with Gasteiger partial charge in [0.15, 0.2) is 0 Å². The molecular weight excluding hydrogens is 312 g/mol. The van der Waals surface area contributed by atoms with Crippen molar-refractivity contribution in [3.05, 3.63) is 32.6 Å². The van der Waals surface area contributed by atoms with Gasteiger partial charge in [-0.3, -0.25) is 9.36 Å². The van der Waals surface area contributed by atoms with E-state index in [0.717, 1.165) is 6.42 Å². The molecule has 0 amide bonds. The minimum atomic E-state index is -0.965. The maximum Gasteiger partial charge on any atom is 0.425 e. The first kappa shape index (κ1) is 18.4. The lowest BCUT2D eigenvalue weighted by Crippen LogP contribution is -2.47. The Kier molecular flexibility index (Phi) is 5.03. The fourth-order valence-electron chi connectivity index (χ4n) is 2.91. The van der Waals surface area contributed by atoms with Crippen molar-refractivity contribution in [1.82, 2.24) is 9.13 Å². The molecule has 0 saturated carbocycles. The van der Waals surface area contributed by atoms with Gasteiger partial charge in [0, 0.05) is 11.8 Å². The molecule has 0 aliphatic carbocycles. The second kappa shape index (κ2) is 6.55. The summed E-state index contributed by atoms with van der Waals surface area (Å²) in [5, 5.41) is 0. The number of carbonyl (C=O) groups is 1. The molecule has 1 saturated heterocycles. The third-order valence-electron chi connectivity index (χ3n) is 4.11. The summed E-state index contributed by atoms with van der Waals surface area (Å²) in [6.45, 7) is 10.7. The Hall–Kier alpha value is -1.89. The highest BCUT2D eigenvalue weighted by Crippen LogP contribution is 2.33. The summed E-state index contributed by atoms with van der Waals surface area (Å²) >= 11 is 0. The topological polar surface area (TPSA) is 79.5 Å². The summed E-state index contributed by atoms with van der Waals surface area (Å²) in [7, 11) is 0. The normalized spacial score (nSPS) is 24.2. The van der Waals surface area contributed by atoms with Crippen molar-refractivity contribution in [3.63, 3.8) is 0 Å². The standard InChI is InChI=1S/C17H26N2O5/c1-7-12-10(2)8-13(23-12)18-9-11(3)14(20)19(15(18)21)16(22)24-17(4,5)6/h9-10,12-13H,7-8H2,1-6H3/t10-,12+,13+/m0/s1. The van der Waals surface area contributed by atoms with E-state index >= 15 is 0 Å². The van der Waals surface area contributed by atoms with Crippen molar-refractivity contribution < 1.29 is 14.3 Å². The average molecular weight is 338 g/mol. The molecule has 2 rings (SSSR count). The Morgan fingerprint density at radius 2 is 2.00 bits per heavy atom. The maximum atomic E-state index is 12.7. The van der Waals surface area contributed by atoms with Crippen LogP contribution in [0.2, 0.25) is 0 Å². The summed E-state index contributed by atoms with van der Waals surface area (Å²) in [6, 6.07) is 0. The van der Waals surface area contributed by atoms with Crippen molar-refractivity contribution in [2.24, 2.45) is 5.92 Å². The molecule has 2 heterocycles. The molecule has 1 aliphatic heterocycles. The lowest BCUT2D eigenvalue weighted by Gasteiger charge is -2.21. The number of ether oxygens (including phenoxy) is 2. The van der Waals surface area contributed by atoms with Crippen LogP contribution in [0.4, 0.5) is 4.79 Å². The van der Waals surface area contributed by atoms with Crippen molar-refractivity contribution in [1.29, 1.82) is 0 Å². The second-order valence-corrected chi connectivity index (χ2v) is 7.37. The molecule has 1 aliphatic rings. The average Bonchev–Trinajstić information content (AvgIpc) is 2.82. The van der Waals surface area contributed by atoms with Gasteiger partial charge in [0.2, 0.25) is 0 Å². The molecule has 0 unspecified atom stereocenters. The van der Waals surface area contributed by atoms with Gasteiger partial charge in [0.05, 0.1) is 6.10 Å². The van der Waals surface area contributed by atoms with Gasteiger partial charge in [-0.1, -0.05) is 13.8 Å². The second-order valence-electron chi connectivity index (χ2n) is 7.37. The fraction of sp³-hybridized carbons (Fsp3) is 0.706. The number of aromatic nitrogens is 2. The van der Waals surface area contributed by atoms with Crippen LogP contribution >= 0.6 is 0 Å². The Morgan fingerprint density at radius 1 is 1.38 bits per heavy atom. The molecule has 24 heavy (non-hydrogen) atoms. The zero-order valence-electron chi connectivity index (χ0n) is 15.2. The van der Waals surface area contributed by atoms with Gasteiger partial charge in [-0.15, -0.1) is 0 Å². The minimum absolute atomic E-state index is 0.0594. The Balaban J connectivity index is 2.48. The van der Waals surface area contributed by atoms with Crippen molar-refractivity contribution >= 4 is 6.09 Å². The van der Waals surface area contributed by atoms with E-state index in [1.807, 2.05) is 6.92 Å². The minimum Gasteiger partial charge on any atom is -0.443 e. The first-order chi connectivity index (χ1) is 11.0. The van der Waals surface area contributed by atoms with Gasteiger partial charge in [-0.25, -0.2) is 9.59 Å². The molecule has 134 valence electrons. The highest BCUT2D eigenvalue weighted by atomic mass is 16.6. The molecule has 0 radical (unpaired) electrons. The Bertz CT molecular complexity index is 741. The number of nitrogens with zero attached hydrogens (tertiary/aromatic N) is 2. The molecule has 7 heteroatoms. The molecule has 0 spiro atoms. The highest BCUT2D eigenvalue weighted by Gasteiger charge is 2.34. The van der Waals surface area contributed by atoms with Gasteiger partial charge >= 0.3 is 11.8 Å². The summed E-state index contributed by atoms with van der Waals surface area (Å²) < 4.78 is 13.0. The van der Waals surface area contributed by atoms with Gasteiger partial charge < -0.3 is 9.47 Å². The predicted octanol–water partition coefficient (Wildman–Crippen LogP) is 2.44. The highest BCUT2D eigenvalue weighted by molar-refractivity contribution is 5.70. The van der Waals surface area contributed by atoms with Crippen molar-refractivity contribution in [2.75, 3.05) is 0 Å². The fourth-order valence-corrected chi connectivity index (χ4v) is 2.91. The van der Waals surface area contributed by atoms with Gasteiger partial charge in [0.1, 0.15) is 11.8 Å². The quantitative estimate of drug-likeness (QED) is 0.827. The number of hydrogen-bond donors (Lipinski definition) is 0. The van der Waals surface area contributed by atoms with E-state index < -0.39 is 29.2 Å². The number of aryl methyl sites for hydroxylation is 1. The van der Waals surface area contributed by atoms with Crippen LogP contribution in [-0.4, -0.2) is 26.9 Å². The molecule has 0 bridgehead atoms. The third-order valence-corrected chi connectivity index (χ3v) is 4.11. The first-order valence-corrected chi connectivity index (χ1v) is 8.28. The van der Waals surface area contributed by atoms with Crippen LogP contribution in [0.25, 0.3) is 0 Å². The third kappa shape index (κ3) is 3.61. The van der Waals surface area contributed by atoms with E-state index in [1.54, 1.807) is 27.7 Å². The largest absolute Gasteiger partial charge is 0.443 e. The molecule has 0 aromatic carbocycles. The predicted molar refractivity (Wildman–Crippen MR) is 89.3 cm³/mol. The molecular formula is C17H26N2O5. The monoisotopic (exact) mass is 338 g/mol. The first-order valence-electron chi connectivity index (χ1n) is 8.28. The smallest absolute Gasteiger partial charge is 0.425 e. The molecule has 3 atom stereocenters. The molecule has 7 nitrogen and oxygen atoms in total. The summed E-state index contributed by atoms with van der Waals surface area (Å²) in [5.74, 6) is 0.300.